The molecule has 0 amide bonds. The van der Waals surface area contributed by atoms with Gasteiger partial charge in [-0.3, -0.25) is 4.90 Å². The van der Waals surface area contributed by atoms with E-state index in [-0.39, 0.29) is 18.2 Å². The predicted molar refractivity (Wildman–Crippen MR) is 55.5 cm³/mol. The molecule has 2 aliphatic rings. The summed E-state index contributed by atoms with van der Waals surface area (Å²) in [6, 6.07) is 0. The number of fused-ring (bicyclic) bond motifs is 1. The minimum atomic E-state index is -0.794. The molecule has 0 bridgehead atoms. The second-order valence-corrected chi connectivity index (χ2v) is 4.54. The Morgan fingerprint density at radius 3 is 2.93 bits per heavy atom. The zero-order valence-electron chi connectivity index (χ0n) is 8.86. The largest absolute Gasteiger partial charge is 0.394 e. The van der Waals surface area contributed by atoms with Crippen molar-refractivity contribution in [2.45, 2.75) is 30.7 Å². The van der Waals surface area contributed by atoms with Crippen molar-refractivity contribution >= 4 is 0 Å². The van der Waals surface area contributed by atoms with Crippen LogP contribution in [0.4, 0.5) is 4.39 Å². The van der Waals surface area contributed by atoms with Gasteiger partial charge in [0.1, 0.15) is 6.17 Å². The Hall–Kier alpha value is -0.450. The van der Waals surface area contributed by atoms with Crippen molar-refractivity contribution in [3.05, 3.63) is 12.7 Å². The monoisotopic (exact) mass is 215 g/mol. The number of rotatable bonds is 4. The fourth-order valence-corrected chi connectivity index (χ4v) is 2.80. The molecule has 2 rings (SSSR count). The van der Waals surface area contributed by atoms with Gasteiger partial charge in [-0.15, -0.1) is 6.58 Å². The molecular weight excluding hydrogens is 197 g/mol. The highest BCUT2D eigenvalue weighted by Crippen LogP contribution is 2.40. The van der Waals surface area contributed by atoms with Gasteiger partial charge in [-0.25, -0.2) is 4.39 Å². The van der Waals surface area contributed by atoms with Crippen molar-refractivity contribution < 1.29 is 14.2 Å². The molecule has 86 valence electrons. The van der Waals surface area contributed by atoms with E-state index in [1.165, 1.54) is 0 Å². The van der Waals surface area contributed by atoms with Crippen molar-refractivity contribution in [3.8, 4) is 0 Å². The van der Waals surface area contributed by atoms with E-state index in [2.05, 4.69) is 6.58 Å². The van der Waals surface area contributed by atoms with E-state index in [4.69, 9.17) is 4.74 Å². The summed E-state index contributed by atoms with van der Waals surface area (Å²) in [7, 11) is 0. The van der Waals surface area contributed by atoms with Crippen molar-refractivity contribution in [2.24, 2.45) is 0 Å². The molecule has 4 heteroatoms. The van der Waals surface area contributed by atoms with Crippen LogP contribution in [-0.2, 0) is 4.74 Å². The highest BCUT2D eigenvalue weighted by atomic mass is 19.1. The summed E-state index contributed by atoms with van der Waals surface area (Å²) in [5.74, 6) is 0. The maximum Gasteiger partial charge on any atom is 0.115 e. The summed E-state index contributed by atoms with van der Waals surface area (Å²) < 4.78 is 18.8. The normalized spacial score (nSPS) is 40.7. The summed E-state index contributed by atoms with van der Waals surface area (Å²) in [5.41, 5.74) is -0.356. The first-order chi connectivity index (χ1) is 7.20. The molecule has 2 fully saturated rings. The van der Waals surface area contributed by atoms with Crippen molar-refractivity contribution in [1.29, 1.82) is 0 Å². The SMILES string of the molecule is C=CCO[C@@H]1CN2C[C@H](F)C[C@]2(CO)C1. The minimum absolute atomic E-state index is 0.0291. The first-order valence-corrected chi connectivity index (χ1v) is 5.43. The molecule has 0 aliphatic carbocycles. The van der Waals surface area contributed by atoms with E-state index in [1.807, 2.05) is 4.90 Å². The molecular formula is C11H18FNO2. The molecule has 0 aromatic heterocycles. The van der Waals surface area contributed by atoms with Gasteiger partial charge in [-0.2, -0.15) is 0 Å². The van der Waals surface area contributed by atoms with Crippen LogP contribution in [0.3, 0.4) is 0 Å². The fraction of sp³-hybridized carbons (Fsp3) is 0.818. The van der Waals surface area contributed by atoms with E-state index in [1.54, 1.807) is 6.08 Å². The lowest BCUT2D eigenvalue weighted by Gasteiger charge is -2.28. The number of nitrogens with zero attached hydrogens (tertiary/aromatic N) is 1. The predicted octanol–water partition coefficient (Wildman–Crippen LogP) is 0.736. The molecule has 3 atom stereocenters. The maximum absolute atomic E-state index is 13.2. The molecule has 3 nitrogen and oxygen atoms in total. The molecule has 2 aliphatic heterocycles. The third-order valence-electron chi connectivity index (χ3n) is 3.47. The van der Waals surface area contributed by atoms with E-state index < -0.39 is 6.17 Å². The van der Waals surface area contributed by atoms with Gasteiger partial charge in [-0.1, -0.05) is 6.08 Å². The van der Waals surface area contributed by atoms with Crippen LogP contribution < -0.4 is 0 Å². The van der Waals surface area contributed by atoms with Crippen LogP contribution in [-0.4, -0.2) is 54.1 Å². The highest BCUT2D eigenvalue weighted by molar-refractivity contribution is 5.06. The Labute approximate surface area is 89.5 Å². The molecule has 0 spiro atoms. The van der Waals surface area contributed by atoms with E-state index in [0.29, 0.717) is 19.6 Å². The lowest BCUT2D eigenvalue weighted by molar-refractivity contribution is 0.0730. The third-order valence-corrected chi connectivity index (χ3v) is 3.47. The van der Waals surface area contributed by atoms with Crippen LogP contribution in [0.2, 0.25) is 0 Å². The summed E-state index contributed by atoms with van der Waals surface area (Å²) in [4.78, 5) is 2.03. The zero-order chi connectivity index (χ0) is 10.9. The Morgan fingerprint density at radius 2 is 2.33 bits per heavy atom. The van der Waals surface area contributed by atoms with E-state index in [9.17, 15) is 9.50 Å². The molecule has 0 unspecified atom stereocenters. The van der Waals surface area contributed by atoms with Crippen LogP contribution in [0.25, 0.3) is 0 Å². The van der Waals surface area contributed by atoms with Gasteiger partial charge in [0, 0.05) is 25.0 Å². The number of aliphatic hydroxyl groups is 1. The quantitative estimate of drug-likeness (QED) is 0.702. The summed E-state index contributed by atoms with van der Waals surface area (Å²) in [6.07, 6.45) is 2.21. The van der Waals surface area contributed by atoms with Gasteiger partial charge in [0.15, 0.2) is 0 Å². The molecule has 0 radical (unpaired) electrons. The highest BCUT2D eigenvalue weighted by Gasteiger charge is 2.51. The van der Waals surface area contributed by atoms with Crippen molar-refractivity contribution in [3.63, 3.8) is 0 Å². The first-order valence-electron chi connectivity index (χ1n) is 5.43. The molecule has 0 aromatic carbocycles. The standard InChI is InChI=1S/C11H18FNO2/c1-2-3-15-10-5-11(8-14)4-9(12)6-13(11)7-10/h2,9-10,14H,1,3-8H2/t9-,10+,11-/m1/s1. The lowest BCUT2D eigenvalue weighted by Crippen LogP contribution is -2.41. The van der Waals surface area contributed by atoms with Gasteiger partial charge < -0.3 is 9.84 Å². The van der Waals surface area contributed by atoms with Crippen LogP contribution in [0, 0.1) is 0 Å². The minimum Gasteiger partial charge on any atom is -0.394 e. The second kappa shape index (κ2) is 4.20. The van der Waals surface area contributed by atoms with E-state index >= 15 is 0 Å². The Balaban J connectivity index is 1.97. The Morgan fingerprint density at radius 1 is 1.53 bits per heavy atom. The molecule has 2 heterocycles. The van der Waals surface area contributed by atoms with Crippen molar-refractivity contribution in [2.75, 3.05) is 26.3 Å². The molecule has 0 aromatic rings. The molecule has 0 saturated carbocycles. The Kier molecular flexibility index (Phi) is 3.09. The zero-order valence-corrected chi connectivity index (χ0v) is 8.86. The second-order valence-electron chi connectivity index (χ2n) is 4.54. The number of ether oxygens (including phenoxy) is 1. The topological polar surface area (TPSA) is 32.7 Å². The van der Waals surface area contributed by atoms with Crippen LogP contribution in [0.1, 0.15) is 12.8 Å². The number of alkyl halides is 1. The number of hydrogen-bond acceptors (Lipinski definition) is 3. The van der Waals surface area contributed by atoms with Gasteiger partial charge in [-0.05, 0) is 6.42 Å². The summed E-state index contributed by atoms with van der Waals surface area (Å²) in [5, 5.41) is 9.40. The lowest BCUT2D eigenvalue weighted by atomic mass is 9.94. The third kappa shape index (κ3) is 1.94. The van der Waals surface area contributed by atoms with Gasteiger partial charge in [0.2, 0.25) is 0 Å². The van der Waals surface area contributed by atoms with Crippen molar-refractivity contribution in [1.82, 2.24) is 4.90 Å². The number of halogens is 1. The number of aliphatic hydroxyl groups excluding tert-OH is 1. The van der Waals surface area contributed by atoms with Gasteiger partial charge >= 0.3 is 0 Å². The summed E-state index contributed by atoms with van der Waals surface area (Å²) in [6.45, 7) is 5.32. The van der Waals surface area contributed by atoms with Gasteiger partial charge in [0.05, 0.1) is 19.3 Å². The van der Waals surface area contributed by atoms with Crippen LogP contribution >= 0.6 is 0 Å². The molecule has 2 saturated heterocycles. The number of hydrogen-bond donors (Lipinski definition) is 1. The average Bonchev–Trinajstić information content (AvgIpc) is 2.67. The average molecular weight is 215 g/mol. The smallest absolute Gasteiger partial charge is 0.115 e. The summed E-state index contributed by atoms with van der Waals surface area (Å²) >= 11 is 0. The van der Waals surface area contributed by atoms with Crippen LogP contribution in [0.5, 0.6) is 0 Å². The molecule has 15 heavy (non-hydrogen) atoms. The fourth-order valence-electron chi connectivity index (χ4n) is 2.80. The molecule has 1 N–H and O–H groups in total. The van der Waals surface area contributed by atoms with Gasteiger partial charge in [0.25, 0.3) is 0 Å². The Bertz CT molecular complexity index is 249. The first kappa shape index (κ1) is 11.0. The van der Waals surface area contributed by atoms with E-state index in [0.717, 1.165) is 13.0 Å². The maximum atomic E-state index is 13.2. The van der Waals surface area contributed by atoms with Crippen LogP contribution in [0.15, 0.2) is 12.7 Å².